The summed E-state index contributed by atoms with van der Waals surface area (Å²) in [5.41, 5.74) is 1.05. The third-order valence-corrected chi connectivity index (χ3v) is 3.46. The Hall–Kier alpha value is -1.33. The molecule has 1 aliphatic rings. The van der Waals surface area contributed by atoms with E-state index in [0.29, 0.717) is 12.6 Å². The number of benzene rings is 1. The van der Waals surface area contributed by atoms with Crippen LogP contribution in [-0.2, 0) is 4.79 Å². The second kappa shape index (κ2) is 8.07. The lowest BCUT2D eigenvalue weighted by Crippen LogP contribution is -2.43. The predicted octanol–water partition coefficient (Wildman–Crippen LogP) is 2.28. The van der Waals surface area contributed by atoms with Gasteiger partial charge in [0, 0.05) is 31.4 Å². The van der Waals surface area contributed by atoms with Crippen LogP contribution >= 0.6 is 12.4 Å². The summed E-state index contributed by atoms with van der Waals surface area (Å²) in [6.07, 6.45) is 2.13. The van der Waals surface area contributed by atoms with Crippen LogP contribution in [-0.4, -0.2) is 36.8 Å². The third-order valence-electron chi connectivity index (χ3n) is 3.46. The number of nitrogens with one attached hydrogen (secondary N) is 1. The Labute approximate surface area is 124 Å². The maximum Gasteiger partial charge on any atom is 0.304 e. The quantitative estimate of drug-likeness (QED) is 0.876. The summed E-state index contributed by atoms with van der Waals surface area (Å²) >= 11 is 0. The van der Waals surface area contributed by atoms with Crippen LogP contribution in [0.5, 0.6) is 0 Å². The number of carbonyl (C=O) groups is 1. The Morgan fingerprint density at radius 2 is 1.90 bits per heavy atom. The van der Waals surface area contributed by atoms with Crippen molar-refractivity contribution in [1.29, 1.82) is 0 Å². The molecule has 1 aliphatic heterocycles. The standard InChI is InChI=1S/C14H19FN2O2.ClH/c15-11-1-3-13(4-2-11)17-9-6-12(7-10-17)16-8-5-14(18)19;/h1-4,12,16H,5-10H2,(H,18,19);1H. The van der Waals surface area contributed by atoms with Crippen molar-refractivity contribution in [1.82, 2.24) is 5.32 Å². The second-order valence-corrected chi connectivity index (χ2v) is 4.84. The highest BCUT2D eigenvalue weighted by molar-refractivity contribution is 5.85. The summed E-state index contributed by atoms with van der Waals surface area (Å²) in [5, 5.41) is 11.8. The molecule has 1 aromatic carbocycles. The van der Waals surface area contributed by atoms with Crippen LogP contribution in [0.3, 0.4) is 0 Å². The second-order valence-electron chi connectivity index (χ2n) is 4.84. The highest BCUT2D eigenvalue weighted by Crippen LogP contribution is 2.20. The van der Waals surface area contributed by atoms with E-state index in [0.717, 1.165) is 31.6 Å². The van der Waals surface area contributed by atoms with Crippen LogP contribution < -0.4 is 10.2 Å². The van der Waals surface area contributed by atoms with E-state index in [4.69, 9.17) is 5.11 Å². The van der Waals surface area contributed by atoms with Gasteiger partial charge in [0.25, 0.3) is 0 Å². The molecule has 0 bridgehead atoms. The molecule has 0 unspecified atom stereocenters. The molecule has 0 atom stereocenters. The van der Waals surface area contributed by atoms with Gasteiger partial charge in [0.2, 0.25) is 0 Å². The average molecular weight is 303 g/mol. The summed E-state index contributed by atoms with van der Waals surface area (Å²) in [7, 11) is 0. The van der Waals surface area contributed by atoms with Gasteiger partial charge in [-0.15, -0.1) is 12.4 Å². The van der Waals surface area contributed by atoms with E-state index in [1.54, 1.807) is 12.1 Å². The van der Waals surface area contributed by atoms with Gasteiger partial charge in [-0.1, -0.05) is 0 Å². The molecular weight excluding hydrogens is 283 g/mol. The van der Waals surface area contributed by atoms with E-state index in [2.05, 4.69) is 10.2 Å². The molecule has 2 rings (SSSR count). The van der Waals surface area contributed by atoms with Crippen LogP contribution in [0.2, 0.25) is 0 Å². The van der Waals surface area contributed by atoms with Crippen LogP contribution in [0.1, 0.15) is 19.3 Å². The fourth-order valence-electron chi connectivity index (χ4n) is 2.38. The molecule has 0 amide bonds. The monoisotopic (exact) mass is 302 g/mol. The van der Waals surface area contributed by atoms with E-state index in [1.807, 2.05) is 0 Å². The topological polar surface area (TPSA) is 52.6 Å². The van der Waals surface area contributed by atoms with Gasteiger partial charge in [-0.3, -0.25) is 4.79 Å². The highest BCUT2D eigenvalue weighted by atomic mass is 35.5. The number of nitrogens with zero attached hydrogens (tertiary/aromatic N) is 1. The first kappa shape index (κ1) is 16.7. The summed E-state index contributed by atoms with van der Waals surface area (Å²) < 4.78 is 12.8. The zero-order valence-corrected chi connectivity index (χ0v) is 12.0. The third kappa shape index (κ3) is 4.98. The van der Waals surface area contributed by atoms with Gasteiger partial charge in [-0.05, 0) is 37.1 Å². The lowest BCUT2D eigenvalue weighted by atomic mass is 10.0. The molecule has 1 fully saturated rings. The van der Waals surface area contributed by atoms with Crippen molar-refractivity contribution in [2.45, 2.75) is 25.3 Å². The number of carboxylic acids is 1. The maximum atomic E-state index is 12.8. The smallest absolute Gasteiger partial charge is 0.304 e. The molecule has 0 spiro atoms. The van der Waals surface area contributed by atoms with Gasteiger partial charge in [-0.25, -0.2) is 4.39 Å². The number of hydrogen-bond acceptors (Lipinski definition) is 3. The van der Waals surface area contributed by atoms with E-state index in [9.17, 15) is 9.18 Å². The normalized spacial score (nSPS) is 15.8. The first-order valence-corrected chi connectivity index (χ1v) is 6.61. The van der Waals surface area contributed by atoms with Gasteiger partial charge in [0.05, 0.1) is 6.42 Å². The Bertz CT molecular complexity index is 420. The molecular formula is C14H20ClFN2O2. The molecule has 112 valence electrons. The number of hydrogen-bond donors (Lipinski definition) is 2. The molecule has 4 nitrogen and oxygen atoms in total. The summed E-state index contributed by atoms with van der Waals surface area (Å²) in [6, 6.07) is 6.94. The molecule has 1 heterocycles. The fourth-order valence-corrected chi connectivity index (χ4v) is 2.38. The van der Waals surface area contributed by atoms with Crippen molar-refractivity contribution >= 4 is 24.1 Å². The van der Waals surface area contributed by atoms with Crippen LogP contribution in [0.25, 0.3) is 0 Å². The maximum absolute atomic E-state index is 12.8. The van der Waals surface area contributed by atoms with Crippen LogP contribution in [0, 0.1) is 5.82 Å². The Balaban J connectivity index is 0.00000200. The van der Waals surface area contributed by atoms with Crippen LogP contribution in [0.4, 0.5) is 10.1 Å². The van der Waals surface area contributed by atoms with E-state index in [-0.39, 0.29) is 24.6 Å². The summed E-state index contributed by atoms with van der Waals surface area (Å²) in [5.74, 6) is -0.981. The van der Waals surface area contributed by atoms with Crippen LogP contribution in [0.15, 0.2) is 24.3 Å². The fraction of sp³-hybridized carbons (Fsp3) is 0.500. The van der Waals surface area contributed by atoms with Gasteiger partial charge >= 0.3 is 5.97 Å². The average Bonchev–Trinajstić information content (AvgIpc) is 2.40. The molecule has 0 radical (unpaired) electrons. The number of piperidine rings is 1. The molecule has 0 aromatic heterocycles. The Morgan fingerprint density at radius 3 is 2.45 bits per heavy atom. The molecule has 0 saturated carbocycles. The van der Waals surface area contributed by atoms with E-state index < -0.39 is 5.97 Å². The number of carboxylic acid groups (broad SMARTS) is 1. The van der Waals surface area contributed by atoms with Crippen molar-refractivity contribution in [2.75, 3.05) is 24.5 Å². The highest BCUT2D eigenvalue weighted by Gasteiger charge is 2.18. The van der Waals surface area contributed by atoms with Crippen molar-refractivity contribution in [2.24, 2.45) is 0 Å². The first-order valence-electron chi connectivity index (χ1n) is 6.61. The molecule has 1 saturated heterocycles. The summed E-state index contributed by atoms with van der Waals surface area (Å²) in [4.78, 5) is 12.7. The zero-order valence-electron chi connectivity index (χ0n) is 11.2. The molecule has 20 heavy (non-hydrogen) atoms. The minimum atomic E-state index is -0.767. The largest absolute Gasteiger partial charge is 0.481 e. The number of halogens is 2. The SMILES string of the molecule is Cl.O=C(O)CCNC1CCN(c2ccc(F)cc2)CC1. The van der Waals surface area contributed by atoms with Gasteiger partial charge in [-0.2, -0.15) is 0 Å². The Morgan fingerprint density at radius 1 is 1.30 bits per heavy atom. The zero-order chi connectivity index (χ0) is 13.7. The lowest BCUT2D eigenvalue weighted by Gasteiger charge is -2.34. The predicted molar refractivity (Wildman–Crippen MR) is 79.1 cm³/mol. The number of rotatable bonds is 5. The molecule has 6 heteroatoms. The minimum Gasteiger partial charge on any atom is -0.481 e. The molecule has 1 aromatic rings. The van der Waals surface area contributed by atoms with Crippen molar-refractivity contribution in [3.63, 3.8) is 0 Å². The lowest BCUT2D eigenvalue weighted by molar-refractivity contribution is -0.136. The van der Waals surface area contributed by atoms with Crippen molar-refractivity contribution in [3.8, 4) is 0 Å². The van der Waals surface area contributed by atoms with Crippen molar-refractivity contribution < 1.29 is 14.3 Å². The first-order chi connectivity index (χ1) is 9.15. The number of anilines is 1. The van der Waals surface area contributed by atoms with E-state index in [1.165, 1.54) is 12.1 Å². The summed E-state index contributed by atoms with van der Waals surface area (Å²) in [6.45, 7) is 2.35. The molecule has 0 aliphatic carbocycles. The van der Waals surface area contributed by atoms with Gasteiger partial charge in [0.1, 0.15) is 5.82 Å². The molecule has 2 N–H and O–H groups in total. The van der Waals surface area contributed by atoms with E-state index >= 15 is 0 Å². The van der Waals surface area contributed by atoms with Gasteiger partial charge in [0.15, 0.2) is 0 Å². The number of aliphatic carboxylic acids is 1. The van der Waals surface area contributed by atoms with Gasteiger partial charge < -0.3 is 15.3 Å². The Kier molecular flexibility index (Phi) is 6.75. The van der Waals surface area contributed by atoms with Crippen molar-refractivity contribution in [3.05, 3.63) is 30.1 Å². The minimum absolute atomic E-state index is 0.